The second-order valence-corrected chi connectivity index (χ2v) is 7.04. The first-order chi connectivity index (χ1) is 10.1. The van der Waals surface area contributed by atoms with Gasteiger partial charge in [-0.15, -0.1) is 0 Å². The quantitative estimate of drug-likeness (QED) is 0.793. The van der Waals surface area contributed by atoms with E-state index in [0.29, 0.717) is 11.5 Å². The molecule has 1 aliphatic carbocycles. The van der Waals surface area contributed by atoms with Gasteiger partial charge in [0.05, 0.1) is 7.11 Å². The molecular formula is C19H31NO. The number of methoxy groups -OCH3 is 1. The summed E-state index contributed by atoms with van der Waals surface area (Å²) in [5, 5.41) is 3.76. The second-order valence-electron chi connectivity index (χ2n) is 7.04. The zero-order chi connectivity index (χ0) is 15.1. The lowest BCUT2D eigenvalue weighted by atomic mass is 9.75. The number of rotatable bonds is 7. The molecule has 0 radical (unpaired) electrons. The Bertz CT molecular complexity index is 406. The van der Waals surface area contributed by atoms with Gasteiger partial charge in [0.25, 0.3) is 0 Å². The van der Waals surface area contributed by atoms with Crippen molar-refractivity contribution >= 4 is 0 Å². The molecule has 1 unspecified atom stereocenters. The van der Waals surface area contributed by atoms with Crippen LogP contribution in [0.4, 0.5) is 0 Å². The third-order valence-electron chi connectivity index (χ3n) is 4.96. The Morgan fingerprint density at radius 3 is 2.43 bits per heavy atom. The van der Waals surface area contributed by atoms with Crippen molar-refractivity contribution < 1.29 is 4.74 Å². The molecule has 0 amide bonds. The Balaban J connectivity index is 1.70. The summed E-state index contributed by atoms with van der Waals surface area (Å²) in [5.74, 6) is 0.940. The van der Waals surface area contributed by atoms with Gasteiger partial charge in [0.1, 0.15) is 5.75 Å². The molecule has 0 spiro atoms. The molecule has 1 atom stereocenters. The predicted molar refractivity (Wildman–Crippen MR) is 90.0 cm³/mol. The second kappa shape index (κ2) is 7.84. The first-order valence-corrected chi connectivity index (χ1v) is 8.48. The minimum absolute atomic E-state index is 0.534. The van der Waals surface area contributed by atoms with Crippen molar-refractivity contribution in [2.75, 3.05) is 13.7 Å². The Morgan fingerprint density at radius 1 is 1.14 bits per heavy atom. The standard InChI is InChI=1S/C19H31NO/c1-16(20-15-19(2)13-5-4-6-14-19)7-8-17-9-11-18(21-3)12-10-17/h9-12,16,20H,4-8,13-15H2,1-3H3. The van der Waals surface area contributed by atoms with Crippen LogP contribution in [-0.4, -0.2) is 19.7 Å². The topological polar surface area (TPSA) is 21.3 Å². The van der Waals surface area contributed by atoms with Crippen molar-refractivity contribution in [2.45, 2.75) is 64.8 Å². The van der Waals surface area contributed by atoms with E-state index in [4.69, 9.17) is 4.74 Å². The third kappa shape index (κ3) is 5.35. The average molecular weight is 289 g/mol. The van der Waals surface area contributed by atoms with Crippen molar-refractivity contribution in [1.82, 2.24) is 5.32 Å². The van der Waals surface area contributed by atoms with Gasteiger partial charge < -0.3 is 10.1 Å². The van der Waals surface area contributed by atoms with Crippen LogP contribution in [0.25, 0.3) is 0 Å². The smallest absolute Gasteiger partial charge is 0.118 e. The molecule has 2 heteroatoms. The van der Waals surface area contributed by atoms with Crippen LogP contribution in [0.2, 0.25) is 0 Å². The highest BCUT2D eigenvalue weighted by Gasteiger charge is 2.26. The molecule has 1 saturated carbocycles. The Kier molecular flexibility index (Phi) is 6.10. The molecule has 1 aliphatic rings. The predicted octanol–water partition coefficient (Wildman–Crippen LogP) is 4.58. The third-order valence-corrected chi connectivity index (χ3v) is 4.96. The van der Waals surface area contributed by atoms with Crippen LogP contribution in [-0.2, 0) is 6.42 Å². The molecule has 0 heterocycles. The zero-order valence-electron chi connectivity index (χ0n) is 14.0. The molecule has 21 heavy (non-hydrogen) atoms. The largest absolute Gasteiger partial charge is 0.497 e. The molecule has 1 aromatic rings. The van der Waals surface area contributed by atoms with E-state index in [1.807, 2.05) is 0 Å². The molecule has 0 aliphatic heterocycles. The summed E-state index contributed by atoms with van der Waals surface area (Å²) in [4.78, 5) is 0. The minimum Gasteiger partial charge on any atom is -0.497 e. The van der Waals surface area contributed by atoms with Crippen molar-refractivity contribution in [3.05, 3.63) is 29.8 Å². The average Bonchev–Trinajstić information content (AvgIpc) is 2.52. The van der Waals surface area contributed by atoms with Gasteiger partial charge in [0, 0.05) is 12.6 Å². The van der Waals surface area contributed by atoms with Gasteiger partial charge in [-0.05, 0) is 55.7 Å². The SMILES string of the molecule is COc1ccc(CCC(C)NCC2(C)CCCCC2)cc1. The van der Waals surface area contributed by atoms with Crippen LogP contribution in [0.1, 0.15) is 57.9 Å². The summed E-state index contributed by atoms with van der Waals surface area (Å²) in [6, 6.07) is 9.04. The fourth-order valence-corrected chi connectivity index (χ4v) is 3.28. The molecule has 2 rings (SSSR count). The van der Waals surface area contributed by atoms with Crippen LogP contribution in [0, 0.1) is 5.41 Å². The fourth-order valence-electron chi connectivity index (χ4n) is 3.28. The summed E-state index contributed by atoms with van der Waals surface area (Å²) in [6.07, 6.45) is 9.38. The first kappa shape index (κ1) is 16.4. The van der Waals surface area contributed by atoms with Gasteiger partial charge >= 0.3 is 0 Å². The maximum Gasteiger partial charge on any atom is 0.118 e. The lowest BCUT2D eigenvalue weighted by molar-refractivity contribution is 0.200. The van der Waals surface area contributed by atoms with Crippen molar-refractivity contribution in [3.8, 4) is 5.75 Å². The Labute approximate surface area is 130 Å². The number of aryl methyl sites for hydroxylation is 1. The van der Waals surface area contributed by atoms with Gasteiger partial charge in [0.2, 0.25) is 0 Å². The van der Waals surface area contributed by atoms with Crippen molar-refractivity contribution in [1.29, 1.82) is 0 Å². The maximum atomic E-state index is 5.20. The minimum atomic E-state index is 0.534. The lowest BCUT2D eigenvalue weighted by Crippen LogP contribution is -2.38. The molecule has 0 saturated heterocycles. The summed E-state index contributed by atoms with van der Waals surface area (Å²) in [7, 11) is 1.72. The van der Waals surface area contributed by atoms with Gasteiger partial charge in [0.15, 0.2) is 0 Å². The summed E-state index contributed by atoms with van der Waals surface area (Å²) in [5.41, 5.74) is 1.93. The number of ether oxygens (including phenoxy) is 1. The molecule has 118 valence electrons. The first-order valence-electron chi connectivity index (χ1n) is 8.48. The molecule has 1 aromatic carbocycles. The zero-order valence-corrected chi connectivity index (χ0v) is 14.0. The van der Waals surface area contributed by atoms with E-state index in [1.54, 1.807) is 7.11 Å². The van der Waals surface area contributed by atoms with E-state index in [1.165, 1.54) is 50.6 Å². The Morgan fingerprint density at radius 2 is 1.81 bits per heavy atom. The highest BCUT2D eigenvalue weighted by molar-refractivity contribution is 5.27. The molecule has 2 nitrogen and oxygen atoms in total. The summed E-state index contributed by atoms with van der Waals surface area (Å²) < 4.78 is 5.20. The lowest BCUT2D eigenvalue weighted by Gasteiger charge is -2.35. The van der Waals surface area contributed by atoms with Gasteiger partial charge in [-0.25, -0.2) is 0 Å². The van der Waals surface area contributed by atoms with Crippen LogP contribution < -0.4 is 10.1 Å². The van der Waals surface area contributed by atoms with E-state index >= 15 is 0 Å². The van der Waals surface area contributed by atoms with E-state index in [2.05, 4.69) is 43.4 Å². The number of nitrogens with one attached hydrogen (secondary N) is 1. The number of hydrogen-bond donors (Lipinski definition) is 1. The molecule has 0 bridgehead atoms. The van der Waals surface area contributed by atoms with Gasteiger partial charge in [-0.2, -0.15) is 0 Å². The highest BCUT2D eigenvalue weighted by atomic mass is 16.5. The summed E-state index contributed by atoms with van der Waals surface area (Å²) in [6.45, 7) is 5.95. The molecular weight excluding hydrogens is 258 g/mol. The van der Waals surface area contributed by atoms with E-state index in [0.717, 1.165) is 12.2 Å². The van der Waals surface area contributed by atoms with Crippen LogP contribution in [0.15, 0.2) is 24.3 Å². The van der Waals surface area contributed by atoms with Gasteiger partial charge in [-0.3, -0.25) is 0 Å². The van der Waals surface area contributed by atoms with Crippen LogP contribution in [0.5, 0.6) is 5.75 Å². The number of benzene rings is 1. The summed E-state index contributed by atoms with van der Waals surface area (Å²) >= 11 is 0. The van der Waals surface area contributed by atoms with Crippen molar-refractivity contribution in [2.24, 2.45) is 5.41 Å². The molecule has 1 N–H and O–H groups in total. The van der Waals surface area contributed by atoms with Crippen LogP contribution >= 0.6 is 0 Å². The maximum absolute atomic E-state index is 5.20. The number of hydrogen-bond acceptors (Lipinski definition) is 2. The highest BCUT2D eigenvalue weighted by Crippen LogP contribution is 2.35. The normalized spacial score (nSPS) is 19.2. The molecule has 1 fully saturated rings. The van der Waals surface area contributed by atoms with Gasteiger partial charge in [-0.1, -0.05) is 38.3 Å². The monoisotopic (exact) mass is 289 g/mol. The van der Waals surface area contributed by atoms with Crippen molar-refractivity contribution in [3.63, 3.8) is 0 Å². The van der Waals surface area contributed by atoms with Crippen LogP contribution in [0.3, 0.4) is 0 Å². The van der Waals surface area contributed by atoms with E-state index in [9.17, 15) is 0 Å². The Hall–Kier alpha value is -1.02. The van der Waals surface area contributed by atoms with E-state index in [-0.39, 0.29) is 0 Å². The van der Waals surface area contributed by atoms with E-state index < -0.39 is 0 Å². The molecule has 0 aromatic heterocycles. The fraction of sp³-hybridized carbons (Fsp3) is 0.684.